The van der Waals surface area contributed by atoms with Crippen molar-refractivity contribution < 1.29 is 29.0 Å². The van der Waals surface area contributed by atoms with E-state index in [-0.39, 0.29) is 37.7 Å². The quantitative estimate of drug-likeness (QED) is 0.298. The standard InChI is InChI=1S/C30H40N2O6/c1-5-38-30(37)26(17-20(2)3)32-28(34)16-15-27(33)31-25(18-21(4)29(35)36)19-22-11-13-24(14-12-22)23-9-7-6-8-10-23/h6-14,20-21,25-26H,5,15-19H2,1-4H3,(H,31,33)(H,32,34)(H,35,36)/t21-,25+,26?/m1/s1. The summed E-state index contributed by atoms with van der Waals surface area (Å²) < 4.78 is 5.05. The van der Waals surface area contributed by atoms with Crippen molar-refractivity contribution in [3.8, 4) is 11.1 Å². The number of esters is 1. The van der Waals surface area contributed by atoms with Crippen LogP contribution in [0.1, 0.15) is 58.9 Å². The van der Waals surface area contributed by atoms with Crippen LogP contribution in [0, 0.1) is 11.8 Å². The van der Waals surface area contributed by atoms with Crippen LogP contribution in [0.25, 0.3) is 11.1 Å². The van der Waals surface area contributed by atoms with E-state index in [4.69, 9.17) is 4.74 Å². The van der Waals surface area contributed by atoms with Gasteiger partial charge in [-0.25, -0.2) is 4.79 Å². The predicted octanol–water partition coefficient (Wildman–Crippen LogP) is 4.37. The Morgan fingerprint density at radius 3 is 1.95 bits per heavy atom. The molecule has 0 bridgehead atoms. The smallest absolute Gasteiger partial charge is 0.328 e. The molecular formula is C30H40N2O6. The number of nitrogens with one attached hydrogen (secondary N) is 2. The number of ether oxygens (including phenoxy) is 1. The predicted molar refractivity (Wildman–Crippen MR) is 146 cm³/mol. The largest absolute Gasteiger partial charge is 0.481 e. The van der Waals surface area contributed by atoms with Gasteiger partial charge in [-0.1, -0.05) is 75.4 Å². The minimum atomic E-state index is -0.932. The van der Waals surface area contributed by atoms with Crippen molar-refractivity contribution >= 4 is 23.8 Å². The van der Waals surface area contributed by atoms with Gasteiger partial charge in [-0.05, 0) is 48.8 Å². The van der Waals surface area contributed by atoms with Crippen LogP contribution in [0.2, 0.25) is 0 Å². The molecule has 0 saturated heterocycles. The van der Waals surface area contributed by atoms with Crippen LogP contribution in [0.5, 0.6) is 0 Å². The van der Waals surface area contributed by atoms with E-state index in [2.05, 4.69) is 10.6 Å². The lowest BCUT2D eigenvalue weighted by Gasteiger charge is -2.22. The summed E-state index contributed by atoms with van der Waals surface area (Å²) in [7, 11) is 0. The first-order chi connectivity index (χ1) is 18.1. The van der Waals surface area contributed by atoms with Crippen molar-refractivity contribution in [2.45, 2.75) is 71.9 Å². The molecule has 38 heavy (non-hydrogen) atoms. The summed E-state index contributed by atoms with van der Waals surface area (Å²) in [5.74, 6) is -2.65. The maximum atomic E-state index is 12.7. The molecule has 0 aliphatic heterocycles. The summed E-state index contributed by atoms with van der Waals surface area (Å²) in [6, 6.07) is 16.8. The van der Waals surface area contributed by atoms with Crippen LogP contribution in [0.3, 0.4) is 0 Å². The summed E-state index contributed by atoms with van der Waals surface area (Å²) >= 11 is 0. The molecule has 0 aliphatic rings. The first kappa shape index (κ1) is 30.5. The Kier molecular flexibility index (Phi) is 12.5. The molecule has 8 heteroatoms. The second kappa shape index (κ2) is 15.5. The highest BCUT2D eigenvalue weighted by molar-refractivity contribution is 5.87. The number of aliphatic carboxylic acids is 1. The molecule has 206 valence electrons. The Bertz CT molecular complexity index is 1050. The minimum Gasteiger partial charge on any atom is -0.481 e. The van der Waals surface area contributed by atoms with Crippen molar-refractivity contribution in [2.75, 3.05) is 6.61 Å². The molecule has 0 fully saturated rings. The molecule has 0 spiro atoms. The Morgan fingerprint density at radius 2 is 1.39 bits per heavy atom. The van der Waals surface area contributed by atoms with Gasteiger partial charge < -0.3 is 20.5 Å². The van der Waals surface area contributed by atoms with E-state index in [0.29, 0.717) is 12.8 Å². The summed E-state index contributed by atoms with van der Waals surface area (Å²) in [4.78, 5) is 48.8. The Balaban J connectivity index is 1.98. The van der Waals surface area contributed by atoms with Crippen LogP contribution in [-0.4, -0.2) is 47.6 Å². The fraction of sp³-hybridized carbons (Fsp3) is 0.467. The molecule has 2 amide bonds. The zero-order valence-electron chi connectivity index (χ0n) is 22.7. The number of benzene rings is 2. The maximum Gasteiger partial charge on any atom is 0.328 e. The van der Waals surface area contributed by atoms with Gasteiger partial charge in [-0.15, -0.1) is 0 Å². The summed E-state index contributed by atoms with van der Waals surface area (Å²) in [6.07, 6.45) is 0.993. The SMILES string of the molecule is CCOC(=O)C(CC(C)C)NC(=O)CCC(=O)N[C@H](Cc1ccc(-c2ccccc2)cc1)C[C@@H](C)C(=O)O. The normalized spacial score (nSPS) is 13.3. The highest BCUT2D eigenvalue weighted by Crippen LogP contribution is 2.21. The van der Waals surface area contributed by atoms with E-state index in [1.807, 2.05) is 68.4 Å². The van der Waals surface area contributed by atoms with Crippen LogP contribution in [0.15, 0.2) is 54.6 Å². The lowest BCUT2D eigenvalue weighted by molar-refractivity contribution is -0.148. The Morgan fingerprint density at radius 1 is 0.816 bits per heavy atom. The van der Waals surface area contributed by atoms with Gasteiger partial charge in [-0.3, -0.25) is 14.4 Å². The maximum absolute atomic E-state index is 12.7. The second-order valence-electron chi connectivity index (χ2n) is 10.0. The molecule has 1 unspecified atom stereocenters. The monoisotopic (exact) mass is 524 g/mol. The van der Waals surface area contributed by atoms with E-state index in [1.165, 1.54) is 0 Å². The molecule has 3 N–H and O–H groups in total. The van der Waals surface area contributed by atoms with Gasteiger partial charge in [0.1, 0.15) is 6.04 Å². The number of carboxylic acids is 1. The third-order valence-electron chi connectivity index (χ3n) is 6.16. The third kappa shape index (κ3) is 10.7. The fourth-order valence-corrected chi connectivity index (χ4v) is 4.19. The minimum absolute atomic E-state index is 0.0754. The van der Waals surface area contributed by atoms with Crippen LogP contribution >= 0.6 is 0 Å². The van der Waals surface area contributed by atoms with Crippen LogP contribution < -0.4 is 10.6 Å². The van der Waals surface area contributed by atoms with Gasteiger partial charge in [-0.2, -0.15) is 0 Å². The average molecular weight is 525 g/mol. The van der Waals surface area contributed by atoms with Gasteiger partial charge in [0.05, 0.1) is 12.5 Å². The van der Waals surface area contributed by atoms with Crippen molar-refractivity contribution in [3.63, 3.8) is 0 Å². The van der Waals surface area contributed by atoms with Crippen molar-refractivity contribution in [1.82, 2.24) is 10.6 Å². The van der Waals surface area contributed by atoms with Crippen molar-refractivity contribution in [1.29, 1.82) is 0 Å². The molecule has 0 radical (unpaired) electrons. The van der Waals surface area contributed by atoms with Gasteiger partial charge >= 0.3 is 11.9 Å². The molecule has 0 saturated carbocycles. The van der Waals surface area contributed by atoms with E-state index in [1.54, 1.807) is 13.8 Å². The second-order valence-corrected chi connectivity index (χ2v) is 10.0. The molecule has 0 heterocycles. The zero-order valence-corrected chi connectivity index (χ0v) is 22.7. The molecule has 0 aliphatic carbocycles. The third-order valence-corrected chi connectivity index (χ3v) is 6.16. The van der Waals surface area contributed by atoms with Crippen molar-refractivity contribution in [3.05, 3.63) is 60.2 Å². The molecule has 8 nitrogen and oxygen atoms in total. The number of carbonyl (C=O) groups excluding carboxylic acids is 3. The lowest BCUT2D eigenvalue weighted by Crippen LogP contribution is -2.43. The average Bonchev–Trinajstić information content (AvgIpc) is 2.87. The summed E-state index contributed by atoms with van der Waals surface area (Å²) in [5, 5.41) is 15.0. The highest BCUT2D eigenvalue weighted by atomic mass is 16.5. The molecule has 2 aromatic carbocycles. The fourth-order valence-electron chi connectivity index (χ4n) is 4.19. The number of carboxylic acid groups (broad SMARTS) is 1. The summed E-state index contributed by atoms with van der Waals surface area (Å²) in [6.45, 7) is 7.42. The molecule has 0 aromatic heterocycles. The van der Waals surface area contributed by atoms with Crippen LogP contribution in [-0.2, 0) is 30.3 Å². The molecule has 2 rings (SSSR count). The molecule has 2 aromatic rings. The van der Waals surface area contributed by atoms with Gasteiger partial charge in [0.25, 0.3) is 0 Å². The number of carbonyl (C=O) groups is 4. The van der Waals surface area contributed by atoms with E-state index < -0.39 is 35.8 Å². The zero-order chi connectivity index (χ0) is 28.1. The first-order valence-electron chi connectivity index (χ1n) is 13.2. The number of hydrogen-bond acceptors (Lipinski definition) is 5. The number of rotatable bonds is 15. The number of hydrogen-bond donors (Lipinski definition) is 3. The van der Waals surface area contributed by atoms with E-state index in [0.717, 1.165) is 16.7 Å². The summed E-state index contributed by atoms with van der Waals surface area (Å²) in [5.41, 5.74) is 3.13. The first-order valence-corrected chi connectivity index (χ1v) is 13.2. The van der Waals surface area contributed by atoms with E-state index in [9.17, 15) is 24.3 Å². The number of amides is 2. The van der Waals surface area contributed by atoms with Gasteiger partial charge in [0, 0.05) is 18.9 Å². The lowest BCUT2D eigenvalue weighted by atomic mass is 9.94. The van der Waals surface area contributed by atoms with Gasteiger partial charge in [0.2, 0.25) is 11.8 Å². The van der Waals surface area contributed by atoms with Crippen molar-refractivity contribution in [2.24, 2.45) is 11.8 Å². The van der Waals surface area contributed by atoms with E-state index >= 15 is 0 Å². The Hall–Kier alpha value is -3.68. The topological polar surface area (TPSA) is 122 Å². The Labute approximate surface area is 225 Å². The molecular weight excluding hydrogens is 484 g/mol. The van der Waals surface area contributed by atoms with Crippen LogP contribution in [0.4, 0.5) is 0 Å². The molecule has 3 atom stereocenters. The highest BCUT2D eigenvalue weighted by Gasteiger charge is 2.24. The van der Waals surface area contributed by atoms with Gasteiger partial charge in [0.15, 0.2) is 0 Å².